The van der Waals surface area contributed by atoms with Crippen molar-refractivity contribution in [2.24, 2.45) is 0 Å². The summed E-state index contributed by atoms with van der Waals surface area (Å²) in [6.07, 6.45) is 5.21. The first-order valence-corrected chi connectivity index (χ1v) is 11.3. The monoisotopic (exact) mass is 422 g/mol. The Balaban J connectivity index is 1.84. The van der Waals surface area contributed by atoms with E-state index < -0.39 is 6.04 Å². The molecule has 1 N–H and O–H groups in total. The van der Waals surface area contributed by atoms with Gasteiger partial charge in [0.05, 0.1) is 13.5 Å². The molecule has 0 saturated heterocycles. The van der Waals surface area contributed by atoms with Crippen LogP contribution in [0.4, 0.5) is 0 Å². The van der Waals surface area contributed by atoms with Gasteiger partial charge in [-0.2, -0.15) is 0 Å². The van der Waals surface area contributed by atoms with Crippen LogP contribution in [0.5, 0.6) is 5.75 Å². The van der Waals surface area contributed by atoms with E-state index in [1.54, 1.807) is 12.0 Å². The summed E-state index contributed by atoms with van der Waals surface area (Å²) in [6, 6.07) is 15.3. The van der Waals surface area contributed by atoms with Crippen LogP contribution in [0.2, 0.25) is 0 Å². The van der Waals surface area contributed by atoms with Gasteiger partial charge in [0.1, 0.15) is 11.8 Å². The number of carbonyl (C=O) groups excluding carboxylic acids is 2. The second kappa shape index (κ2) is 11.0. The number of nitrogens with zero attached hydrogens (tertiary/aromatic N) is 1. The fourth-order valence-electron chi connectivity index (χ4n) is 4.33. The molecule has 5 nitrogen and oxygen atoms in total. The third-order valence-corrected chi connectivity index (χ3v) is 6.18. The van der Waals surface area contributed by atoms with E-state index in [4.69, 9.17) is 4.74 Å². The molecule has 0 aliphatic heterocycles. The molecule has 0 heterocycles. The van der Waals surface area contributed by atoms with Gasteiger partial charge in [0.15, 0.2) is 0 Å². The highest BCUT2D eigenvalue weighted by Gasteiger charge is 2.30. The molecule has 0 aromatic heterocycles. The average Bonchev–Trinajstić information content (AvgIpc) is 3.28. The molecule has 3 rings (SSSR count). The molecule has 2 aromatic rings. The quantitative estimate of drug-likeness (QED) is 0.651. The van der Waals surface area contributed by atoms with E-state index >= 15 is 0 Å². The van der Waals surface area contributed by atoms with Gasteiger partial charge in [-0.1, -0.05) is 56.2 Å². The van der Waals surface area contributed by atoms with E-state index in [0.717, 1.165) is 48.1 Å². The van der Waals surface area contributed by atoms with Gasteiger partial charge in [-0.15, -0.1) is 0 Å². The van der Waals surface area contributed by atoms with Crippen LogP contribution in [-0.4, -0.2) is 35.9 Å². The number of rotatable bonds is 9. The Kier molecular flexibility index (Phi) is 8.10. The van der Waals surface area contributed by atoms with Crippen LogP contribution in [0.3, 0.4) is 0 Å². The molecule has 1 saturated carbocycles. The van der Waals surface area contributed by atoms with Gasteiger partial charge in [-0.05, 0) is 55.0 Å². The zero-order valence-corrected chi connectivity index (χ0v) is 18.9. The minimum Gasteiger partial charge on any atom is -0.497 e. The molecule has 2 amide bonds. The molecule has 1 aliphatic rings. The predicted molar refractivity (Wildman–Crippen MR) is 123 cm³/mol. The first kappa shape index (κ1) is 22.9. The van der Waals surface area contributed by atoms with Crippen LogP contribution in [0.15, 0.2) is 48.5 Å². The Morgan fingerprint density at radius 2 is 1.87 bits per heavy atom. The lowest BCUT2D eigenvalue weighted by Crippen LogP contribution is -2.51. The number of aryl methyl sites for hydroxylation is 1. The number of ether oxygens (including phenoxy) is 1. The van der Waals surface area contributed by atoms with Crippen molar-refractivity contribution in [3.8, 4) is 5.75 Å². The molecule has 1 aliphatic carbocycles. The van der Waals surface area contributed by atoms with Crippen molar-refractivity contribution in [2.45, 2.75) is 71.0 Å². The van der Waals surface area contributed by atoms with Gasteiger partial charge >= 0.3 is 0 Å². The molecule has 0 spiro atoms. The zero-order chi connectivity index (χ0) is 22.2. The zero-order valence-electron chi connectivity index (χ0n) is 18.9. The summed E-state index contributed by atoms with van der Waals surface area (Å²) in [7, 11) is 1.63. The number of methoxy groups -OCH3 is 1. The Bertz CT molecular complexity index is 890. The summed E-state index contributed by atoms with van der Waals surface area (Å²) in [4.78, 5) is 28.4. The summed E-state index contributed by atoms with van der Waals surface area (Å²) in [6.45, 7) is 4.36. The lowest BCUT2D eigenvalue weighted by Gasteiger charge is -2.32. The standard InChI is InChI=1S/C26H34N2O3/c1-4-24(26(30)27-22-13-7-8-14-22)28(18-20-11-9-15-23(16-20)31-3)25(29)17-21-12-6-5-10-19(21)2/h5-6,9-12,15-16,22,24H,4,7-8,13-14,17-18H2,1-3H3,(H,27,30). The fourth-order valence-corrected chi connectivity index (χ4v) is 4.33. The Morgan fingerprint density at radius 3 is 2.55 bits per heavy atom. The third-order valence-electron chi connectivity index (χ3n) is 6.18. The summed E-state index contributed by atoms with van der Waals surface area (Å²) in [5.74, 6) is 0.660. The molecule has 31 heavy (non-hydrogen) atoms. The van der Waals surface area contributed by atoms with Crippen molar-refractivity contribution in [1.29, 1.82) is 0 Å². The fraction of sp³-hybridized carbons (Fsp3) is 0.462. The highest BCUT2D eigenvalue weighted by molar-refractivity contribution is 5.88. The molecule has 2 aromatic carbocycles. The minimum absolute atomic E-state index is 0.0365. The van der Waals surface area contributed by atoms with E-state index in [-0.39, 0.29) is 24.3 Å². The number of hydrogen-bond donors (Lipinski definition) is 1. The molecule has 0 radical (unpaired) electrons. The van der Waals surface area contributed by atoms with Crippen molar-refractivity contribution >= 4 is 11.8 Å². The maximum absolute atomic E-state index is 13.5. The van der Waals surface area contributed by atoms with E-state index in [2.05, 4.69) is 5.32 Å². The molecule has 5 heteroatoms. The topological polar surface area (TPSA) is 58.6 Å². The summed E-state index contributed by atoms with van der Waals surface area (Å²) < 4.78 is 5.35. The molecule has 1 atom stereocenters. The smallest absolute Gasteiger partial charge is 0.243 e. The van der Waals surface area contributed by atoms with E-state index in [1.807, 2.05) is 62.4 Å². The number of benzene rings is 2. The van der Waals surface area contributed by atoms with Gasteiger partial charge in [-0.3, -0.25) is 9.59 Å². The van der Waals surface area contributed by atoms with Gasteiger partial charge in [0.2, 0.25) is 11.8 Å². The molecular weight excluding hydrogens is 388 g/mol. The second-order valence-electron chi connectivity index (χ2n) is 8.39. The molecular formula is C26H34N2O3. The van der Waals surface area contributed by atoms with Crippen molar-refractivity contribution in [1.82, 2.24) is 10.2 Å². The Hall–Kier alpha value is -2.82. The predicted octanol–water partition coefficient (Wildman–Crippen LogP) is 4.41. The van der Waals surface area contributed by atoms with Crippen molar-refractivity contribution in [2.75, 3.05) is 7.11 Å². The molecule has 166 valence electrons. The van der Waals surface area contributed by atoms with Gasteiger partial charge in [0, 0.05) is 12.6 Å². The SMILES string of the molecule is CCC(C(=O)NC1CCCC1)N(Cc1cccc(OC)c1)C(=O)Cc1ccccc1C. The maximum Gasteiger partial charge on any atom is 0.243 e. The maximum atomic E-state index is 13.5. The summed E-state index contributed by atoms with van der Waals surface area (Å²) >= 11 is 0. The Labute approximate surface area is 185 Å². The summed E-state index contributed by atoms with van der Waals surface area (Å²) in [5, 5.41) is 3.19. The van der Waals surface area contributed by atoms with Crippen LogP contribution in [-0.2, 0) is 22.6 Å². The number of amides is 2. The lowest BCUT2D eigenvalue weighted by atomic mass is 10.0. The second-order valence-corrected chi connectivity index (χ2v) is 8.39. The number of nitrogens with one attached hydrogen (secondary N) is 1. The largest absolute Gasteiger partial charge is 0.497 e. The summed E-state index contributed by atoms with van der Waals surface area (Å²) in [5.41, 5.74) is 3.03. The number of hydrogen-bond acceptors (Lipinski definition) is 3. The molecule has 0 bridgehead atoms. The third kappa shape index (κ3) is 6.09. The van der Waals surface area contributed by atoms with Crippen LogP contribution >= 0.6 is 0 Å². The molecule has 1 unspecified atom stereocenters. The van der Waals surface area contributed by atoms with Crippen LogP contribution < -0.4 is 10.1 Å². The van der Waals surface area contributed by atoms with Gasteiger partial charge in [-0.25, -0.2) is 0 Å². The van der Waals surface area contributed by atoms with Crippen molar-refractivity contribution in [3.63, 3.8) is 0 Å². The van der Waals surface area contributed by atoms with Crippen LogP contribution in [0, 0.1) is 6.92 Å². The normalized spacial score (nSPS) is 14.8. The average molecular weight is 423 g/mol. The van der Waals surface area contributed by atoms with Crippen molar-refractivity contribution in [3.05, 3.63) is 65.2 Å². The minimum atomic E-state index is -0.497. The highest BCUT2D eigenvalue weighted by atomic mass is 16.5. The van der Waals surface area contributed by atoms with Crippen LogP contribution in [0.25, 0.3) is 0 Å². The van der Waals surface area contributed by atoms with Gasteiger partial charge in [0.25, 0.3) is 0 Å². The van der Waals surface area contributed by atoms with Gasteiger partial charge < -0.3 is 15.0 Å². The first-order chi connectivity index (χ1) is 15.0. The van der Waals surface area contributed by atoms with Crippen molar-refractivity contribution < 1.29 is 14.3 Å². The van der Waals surface area contributed by atoms with E-state index in [9.17, 15) is 9.59 Å². The molecule has 1 fully saturated rings. The first-order valence-electron chi connectivity index (χ1n) is 11.3. The highest BCUT2D eigenvalue weighted by Crippen LogP contribution is 2.21. The lowest BCUT2D eigenvalue weighted by molar-refractivity contribution is -0.141. The van der Waals surface area contributed by atoms with E-state index in [0.29, 0.717) is 13.0 Å². The Morgan fingerprint density at radius 1 is 1.13 bits per heavy atom. The van der Waals surface area contributed by atoms with E-state index in [1.165, 1.54) is 0 Å². The van der Waals surface area contributed by atoms with Crippen LogP contribution in [0.1, 0.15) is 55.7 Å². The number of carbonyl (C=O) groups is 2.